The molecular formula is C20H18ClN5O2. The van der Waals surface area contributed by atoms with E-state index in [1.165, 1.54) is 12.7 Å². The number of aromatic nitrogens is 3. The van der Waals surface area contributed by atoms with Crippen LogP contribution >= 0.6 is 11.6 Å². The van der Waals surface area contributed by atoms with Crippen LogP contribution in [0.4, 0.5) is 23.1 Å². The van der Waals surface area contributed by atoms with Gasteiger partial charge in [0.05, 0.1) is 29.6 Å². The van der Waals surface area contributed by atoms with Crippen molar-refractivity contribution in [1.82, 2.24) is 15.2 Å². The topological polar surface area (TPSA) is 80.2 Å². The minimum atomic E-state index is -0.447. The number of hydrogen-bond acceptors (Lipinski definition) is 7. The number of hydrogen-bond donors (Lipinski definition) is 1. The lowest BCUT2D eigenvalue weighted by molar-refractivity contribution is 0.0601. The number of para-hydroxylation sites is 1. The number of aryl methyl sites for hydroxylation is 1. The number of nitrogens with zero attached hydrogens (tertiary/aromatic N) is 4. The fourth-order valence-corrected chi connectivity index (χ4v) is 3.40. The molecule has 142 valence electrons. The zero-order valence-corrected chi connectivity index (χ0v) is 16.0. The SMILES string of the molecule is COC(=O)c1ccc(Cl)c(Nc2nncc(N3CCCc4ccccc43)n2)c1. The lowest BCUT2D eigenvalue weighted by Crippen LogP contribution is -2.25. The van der Waals surface area contributed by atoms with Gasteiger partial charge in [0.15, 0.2) is 5.82 Å². The highest BCUT2D eigenvalue weighted by molar-refractivity contribution is 6.33. The van der Waals surface area contributed by atoms with Crippen LogP contribution in [0.25, 0.3) is 0 Å². The van der Waals surface area contributed by atoms with E-state index in [1.807, 2.05) is 12.1 Å². The third kappa shape index (κ3) is 3.61. The summed E-state index contributed by atoms with van der Waals surface area (Å²) in [6.07, 6.45) is 3.72. The van der Waals surface area contributed by atoms with Gasteiger partial charge in [0, 0.05) is 12.2 Å². The molecule has 0 bridgehead atoms. The third-order valence-corrected chi connectivity index (χ3v) is 4.90. The number of fused-ring (bicyclic) bond motifs is 1. The van der Waals surface area contributed by atoms with Crippen LogP contribution in [0.2, 0.25) is 5.02 Å². The average Bonchev–Trinajstić information content (AvgIpc) is 2.74. The lowest BCUT2D eigenvalue weighted by atomic mass is 10.0. The number of carbonyl (C=O) groups excluding carboxylic acids is 1. The van der Waals surface area contributed by atoms with E-state index < -0.39 is 5.97 Å². The summed E-state index contributed by atoms with van der Waals surface area (Å²) in [7, 11) is 1.33. The number of nitrogens with one attached hydrogen (secondary N) is 1. The summed E-state index contributed by atoms with van der Waals surface area (Å²) < 4.78 is 4.75. The van der Waals surface area contributed by atoms with Gasteiger partial charge >= 0.3 is 5.97 Å². The van der Waals surface area contributed by atoms with Crippen molar-refractivity contribution < 1.29 is 9.53 Å². The first kappa shape index (κ1) is 18.2. The van der Waals surface area contributed by atoms with Gasteiger partial charge < -0.3 is 15.0 Å². The normalized spacial score (nSPS) is 13.0. The van der Waals surface area contributed by atoms with Crippen LogP contribution in [0.1, 0.15) is 22.3 Å². The van der Waals surface area contributed by atoms with Crippen LogP contribution in [0.15, 0.2) is 48.7 Å². The third-order valence-electron chi connectivity index (χ3n) is 4.57. The molecular weight excluding hydrogens is 378 g/mol. The summed E-state index contributed by atoms with van der Waals surface area (Å²) in [6, 6.07) is 13.1. The Labute approximate surface area is 167 Å². The number of halogens is 1. The molecule has 0 atom stereocenters. The van der Waals surface area contributed by atoms with E-state index in [4.69, 9.17) is 16.3 Å². The lowest BCUT2D eigenvalue weighted by Gasteiger charge is -2.30. The van der Waals surface area contributed by atoms with Crippen molar-refractivity contribution in [1.29, 1.82) is 0 Å². The number of benzene rings is 2. The highest BCUT2D eigenvalue weighted by atomic mass is 35.5. The molecule has 4 rings (SSSR count). The highest BCUT2D eigenvalue weighted by Crippen LogP contribution is 2.32. The van der Waals surface area contributed by atoms with Crippen molar-refractivity contribution in [2.75, 3.05) is 23.9 Å². The first-order valence-electron chi connectivity index (χ1n) is 8.86. The molecule has 1 aromatic heterocycles. The summed E-state index contributed by atoms with van der Waals surface area (Å²) in [5.41, 5.74) is 3.30. The molecule has 28 heavy (non-hydrogen) atoms. The molecule has 7 nitrogen and oxygen atoms in total. The fourth-order valence-electron chi connectivity index (χ4n) is 3.24. The van der Waals surface area contributed by atoms with Crippen LogP contribution in [0.3, 0.4) is 0 Å². The molecule has 1 N–H and O–H groups in total. The molecule has 2 heterocycles. The Balaban J connectivity index is 1.63. The molecule has 0 aliphatic carbocycles. The standard InChI is InChI=1S/C20H18ClN5O2/c1-28-19(27)14-8-9-15(21)16(11-14)23-20-24-18(12-22-25-20)26-10-4-6-13-5-2-3-7-17(13)26/h2-3,5,7-9,11-12H,4,6,10H2,1H3,(H,23,24,25). The van der Waals surface area contributed by atoms with Gasteiger partial charge in [-0.25, -0.2) is 4.79 Å². The number of methoxy groups -OCH3 is 1. The van der Waals surface area contributed by atoms with Crippen molar-refractivity contribution in [3.63, 3.8) is 0 Å². The van der Waals surface area contributed by atoms with Gasteiger partial charge in [-0.3, -0.25) is 0 Å². The second-order valence-electron chi connectivity index (χ2n) is 6.33. The van der Waals surface area contributed by atoms with Crippen LogP contribution in [-0.4, -0.2) is 34.8 Å². The fraction of sp³-hybridized carbons (Fsp3) is 0.200. The molecule has 0 radical (unpaired) electrons. The molecule has 2 aromatic carbocycles. The van der Waals surface area contributed by atoms with Crippen molar-refractivity contribution in [2.24, 2.45) is 0 Å². The van der Waals surface area contributed by atoms with Crippen LogP contribution in [0.5, 0.6) is 0 Å². The van der Waals surface area contributed by atoms with E-state index in [2.05, 4.69) is 37.5 Å². The Morgan fingerprint density at radius 2 is 2.11 bits per heavy atom. The van der Waals surface area contributed by atoms with E-state index in [-0.39, 0.29) is 0 Å². The Hall–Kier alpha value is -3.19. The summed E-state index contributed by atoms with van der Waals surface area (Å²) in [5, 5.41) is 11.6. The van der Waals surface area contributed by atoms with Crippen molar-refractivity contribution in [3.8, 4) is 0 Å². The molecule has 0 saturated heterocycles. The monoisotopic (exact) mass is 395 g/mol. The number of esters is 1. The van der Waals surface area contributed by atoms with Gasteiger partial charge in [0.1, 0.15) is 0 Å². The number of anilines is 4. The molecule has 8 heteroatoms. The van der Waals surface area contributed by atoms with Crippen molar-refractivity contribution >= 4 is 40.7 Å². The maximum Gasteiger partial charge on any atom is 0.337 e. The summed E-state index contributed by atoms with van der Waals surface area (Å²) >= 11 is 6.25. The summed E-state index contributed by atoms with van der Waals surface area (Å²) in [5.74, 6) is 0.548. The first-order valence-corrected chi connectivity index (χ1v) is 9.23. The van der Waals surface area contributed by atoms with E-state index in [1.54, 1.807) is 24.4 Å². The number of rotatable bonds is 4. The molecule has 1 aliphatic rings. The van der Waals surface area contributed by atoms with Gasteiger partial charge in [0.2, 0.25) is 5.95 Å². The van der Waals surface area contributed by atoms with Gasteiger partial charge in [-0.2, -0.15) is 10.1 Å². The van der Waals surface area contributed by atoms with Gasteiger partial charge in [-0.05, 0) is 42.7 Å². The van der Waals surface area contributed by atoms with Gasteiger partial charge in [-0.1, -0.05) is 29.8 Å². The predicted octanol–water partition coefficient (Wildman–Crippen LogP) is 4.14. The van der Waals surface area contributed by atoms with E-state index in [0.717, 1.165) is 25.1 Å². The minimum Gasteiger partial charge on any atom is -0.465 e. The largest absolute Gasteiger partial charge is 0.465 e. The zero-order valence-electron chi connectivity index (χ0n) is 15.2. The summed E-state index contributed by atoms with van der Waals surface area (Å²) in [6.45, 7) is 0.855. The molecule has 0 amide bonds. The molecule has 0 fully saturated rings. The van der Waals surface area contributed by atoms with Crippen molar-refractivity contribution in [3.05, 3.63) is 64.8 Å². The predicted molar refractivity (Wildman–Crippen MR) is 108 cm³/mol. The van der Waals surface area contributed by atoms with E-state index >= 15 is 0 Å². The number of carbonyl (C=O) groups is 1. The Kier molecular flexibility index (Phi) is 5.08. The van der Waals surface area contributed by atoms with E-state index in [0.29, 0.717) is 28.0 Å². The minimum absolute atomic E-state index is 0.296. The Morgan fingerprint density at radius 1 is 1.25 bits per heavy atom. The first-order chi connectivity index (χ1) is 13.7. The summed E-state index contributed by atoms with van der Waals surface area (Å²) in [4.78, 5) is 18.5. The molecule has 1 aliphatic heterocycles. The molecule has 0 spiro atoms. The molecule has 0 saturated carbocycles. The average molecular weight is 396 g/mol. The molecule has 0 unspecified atom stereocenters. The quantitative estimate of drug-likeness (QED) is 0.665. The highest BCUT2D eigenvalue weighted by Gasteiger charge is 2.20. The zero-order chi connectivity index (χ0) is 19.5. The van der Waals surface area contributed by atoms with Crippen LogP contribution in [0, 0.1) is 0 Å². The second-order valence-corrected chi connectivity index (χ2v) is 6.74. The second kappa shape index (κ2) is 7.82. The van der Waals surface area contributed by atoms with Crippen molar-refractivity contribution in [2.45, 2.75) is 12.8 Å². The Bertz CT molecular complexity index is 1030. The maximum atomic E-state index is 11.8. The van der Waals surface area contributed by atoms with Crippen LogP contribution in [-0.2, 0) is 11.2 Å². The van der Waals surface area contributed by atoms with E-state index in [9.17, 15) is 4.79 Å². The van der Waals surface area contributed by atoms with Crippen LogP contribution < -0.4 is 10.2 Å². The molecule has 3 aromatic rings. The van der Waals surface area contributed by atoms with Gasteiger partial charge in [0.25, 0.3) is 0 Å². The number of ether oxygens (including phenoxy) is 1. The smallest absolute Gasteiger partial charge is 0.337 e. The Morgan fingerprint density at radius 3 is 2.96 bits per heavy atom. The van der Waals surface area contributed by atoms with Gasteiger partial charge in [-0.15, -0.1) is 5.10 Å². The maximum absolute atomic E-state index is 11.8.